The Morgan fingerprint density at radius 2 is 1.82 bits per heavy atom. The van der Waals surface area contributed by atoms with Crippen LogP contribution in [0.4, 0.5) is 0 Å². The lowest BCUT2D eigenvalue weighted by Gasteiger charge is -2.09. The number of carboxylic acid groups (broad SMARTS) is 1. The molecule has 4 aromatic rings. The van der Waals surface area contributed by atoms with Crippen molar-refractivity contribution in [2.24, 2.45) is 0 Å². The summed E-state index contributed by atoms with van der Waals surface area (Å²) in [7, 11) is 0. The third-order valence-corrected chi connectivity index (χ3v) is 4.29. The maximum absolute atomic E-state index is 11.2. The molecule has 0 bridgehead atoms. The van der Waals surface area contributed by atoms with Gasteiger partial charge in [-0.2, -0.15) is 5.10 Å². The van der Waals surface area contributed by atoms with E-state index in [9.17, 15) is 4.79 Å². The molecule has 2 aromatic carbocycles. The monoisotopic (exact) mass is 371 g/mol. The van der Waals surface area contributed by atoms with E-state index in [4.69, 9.17) is 9.84 Å². The summed E-state index contributed by atoms with van der Waals surface area (Å²) in [6.45, 7) is 0.386. The number of rotatable bonds is 6. The minimum Gasteiger partial charge on any atom is -0.487 e. The van der Waals surface area contributed by atoms with Crippen LogP contribution in [0.25, 0.3) is 22.5 Å². The molecule has 2 N–H and O–H groups in total. The number of H-pyrrole nitrogens is 1. The van der Waals surface area contributed by atoms with Crippen molar-refractivity contribution in [1.82, 2.24) is 15.2 Å². The number of benzene rings is 2. The summed E-state index contributed by atoms with van der Waals surface area (Å²) in [4.78, 5) is 15.6. The van der Waals surface area contributed by atoms with Crippen LogP contribution in [0.1, 0.15) is 15.9 Å². The molecule has 0 radical (unpaired) electrons. The van der Waals surface area contributed by atoms with Crippen molar-refractivity contribution in [3.63, 3.8) is 0 Å². The Balaban J connectivity index is 1.47. The molecular weight excluding hydrogens is 354 g/mol. The van der Waals surface area contributed by atoms with Gasteiger partial charge < -0.3 is 9.84 Å². The zero-order valence-corrected chi connectivity index (χ0v) is 14.9. The summed E-state index contributed by atoms with van der Waals surface area (Å²) >= 11 is 0. The largest absolute Gasteiger partial charge is 0.487 e. The summed E-state index contributed by atoms with van der Waals surface area (Å²) < 4.78 is 5.83. The molecule has 0 atom stereocenters. The molecule has 138 valence electrons. The Labute approximate surface area is 161 Å². The first-order valence-electron chi connectivity index (χ1n) is 8.70. The second-order valence-electron chi connectivity index (χ2n) is 6.22. The lowest BCUT2D eigenvalue weighted by atomic mass is 10.0. The van der Waals surface area contributed by atoms with Crippen LogP contribution in [-0.4, -0.2) is 26.3 Å². The van der Waals surface area contributed by atoms with Crippen LogP contribution in [0.2, 0.25) is 0 Å². The van der Waals surface area contributed by atoms with Crippen LogP contribution in [0.3, 0.4) is 0 Å². The van der Waals surface area contributed by atoms with Crippen molar-refractivity contribution < 1.29 is 14.6 Å². The maximum Gasteiger partial charge on any atom is 0.335 e. The normalized spacial score (nSPS) is 10.6. The van der Waals surface area contributed by atoms with Gasteiger partial charge >= 0.3 is 5.97 Å². The van der Waals surface area contributed by atoms with E-state index in [0.29, 0.717) is 12.4 Å². The molecule has 0 saturated carbocycles. The van der Waals surface area contributed by atoms with E-state index in [1.54, 1.807) is 30.6 Å². The van der Waals surface area contributed by atoms with Gasteiger partial charge in [0.15, 0.2) is 0 Å². The first-order valence-corrected chi connectivity index (χ1v) is 8.70. The number of pyridine rings is 1. The van der Waals surface area contributed by atoms with Gasteiger partial charge in [0, 0.05) is 6.20 Å². The molecule has 0 fully saturated rings. The van der Waals surface area contributed by atoms with Gasteiger partial charge in [0.25, 0.3) is 0 Å². The Kier molecular flexibility index (Phi) is 4.84. The molecule has 0 aliphatic carbocycles. The highest BCUT2D eigenvalue weighted by atomic mass is 16.5. The predicted octanol–water partition coefficient (Wildman–Crippen LogP) is 4.42. The minimum atomic E-state index is -0.938. The Morgan fingerprint density at radius 1 is 1.00 bits per heavy atom. The van der Waals surface area contributed by atoms with Crippen LogP contribution in [-0.2, 0) is 6.61 Å². The fraction of sp³-hybridized carbons (Fsp3) is 0.0455. The molecule has 0 aliphatic rings. The van der Waals surface area contributed by atoms with E-state index < -0.39 is 5.97 Å². The van der Waals surface area contributed by atoms with E-state index in [2.05, 4.69) is 15.2 Å². The first kappa shape index (κ1) is 17.5. The van der Waals surface area contributed by atoms with Crippen LogP contribution in [0.5, 0.6) is 5.75 Å². The number of carboxylic acids is 1. The topological polar surface area (TPSA) is 88.1 Å². The molecule has 0 aliphatic heterocycles. The Morgan fingerprint density at radius 3 is 2.54 bits per heavy atom. The standard InChI is InChI=1S/C22H17N3O3/c26-22(27)18-6-2-5-17(12-18)16-4-1-3-15(11-16)14-28-19-7-8-20(23-13-19)21-9-10-24-25-21/h1-13H,14H2,(H,24,25)(H,26,27). The number of carbonyl (C=O) groups is 1. The van der Waals surface area contributed by atoms with E-state index in [0.717, 1.165) is 28.1 Å². The van der Waals surface area contributed by atoms with Crippen molar-refractivity contribution in [2.75, 3.05) is 0 Å². The van der Waals surface area contributed by atoms with Crippen molar-refractivity contribution >= 4 is 5.97 Å². The van der Waals surface area contributed by atoms with Crippen molar-refractivity contribution in [2.45, 2.75) is 6.61 Å². The third-order valence-electron chi connectivity index (χ3n) is 4.29. The molecule has 0 saturated heterocycles. The van der Waals surface area contributed by atoms with Gasteiger partial charge in [0.1, 0.15) is 12.4 Å². The molecule has 28 heavy (non-hydrogen) atoms. The highest BCUT2D eigenvalue weighted by Crippen LogP contribution is 2.23. The molecular formula is C22H17N3O3. The summed E-state index contributed by atoms with van der Waals surface area (Å²) in [6, 6.07) is 20.3. The smallest absolute Gasteiger partial charge is 0.335 e. The van der Waals surface area contributed by atoms with Gasteiger partial charge in [-0.1, -0.05) is 30.3 Å². The van der Waals surface area contributed by atoms with Crippen molar-refractivity contribution in [1.29, 1.82) is 0 Å². The number of nitrogens with one attached hydrogen (secondary N) is 1. The number of aromatic carboxylic acids is 1. The predicted molar refractivity (Wildman–Crippen MR) is 105 cm³/mol. The molecule has 0 spiro atoms. The number of aromatic nitrogens is 3. The molecule has 6 heteroatoms. The fourth-order valence-corrected chi connectivity index (χ4v) is 2.86. The van der Waals surface area contributed by atoms with Gasteiger partial charge in [-0.05, 0) is 53.1 Å². The lowest BCUT2D eigenvalue weighted by molar-refractivity contribution is 0.0697. The summed E-state index contributed by atoms with van der Waals surface area (Å²) in [5, 5.41) is 16.0. The molecule has 2 heterocycles. The summed E-state index contributed by atoms with van der Waals surface area (Å²) in [6.07, 6.45) is 3.36. The van der Waals surface area contributed by atoms with Gasteiger partial charge in [0.2, 0.25) is 0 Å². The zero-order chi connectivity index (χ0) is 19.3. The number of nitrogens with zero attached hydrogens (tertiary/aromatic N) is 2. The number of hydrogen-bond acceptors (Lipinski definition) is 4. The Bertz CT molecular complexity index is 1090. The highest BCUT2D eigenvalue weighted by molar-refractivity contribution is 5.89. The second-order valence-corrected chi connectivity index (χ2v) is 6.22. The summed E-state index contributed by atoms with van der Waals surface area (Å²) in [5.41, 5.74) is 4.69. The van der Waals surface area contributed by atoms with Gasteiger partial charge in [-0.15, -0.1) is 0 Å². The first-order chi connectivity index (χ1) is 13.7. The van der Waals surface area contributed by atoms with E-state index in [-0.39, 0.29) is 5.56 Å². The SMILES string of the molecule is O=C(O)c1cccc(-c2cccc(COc3ccc(-c4ccn[nH]4)nc3)c2)c1. The van der Waals surface area contributed by atoms with E-state index in [1.165, 1.54) is 0 Å². The number of aromatic amines is 1. The van der Waals surface area contributed by atoms with E-state index >= 15 is 0 Å². The van der Waals surface area contributed by atoms with E-state index in [1.807, 2.05) is 48.5 Å². The average Bonchev–Trinajstić information content (AvgIpc) is 3.28. The third kappa shape index (κ3) is 3.91. The lowest BCUT2D eigenvalue weighted by Crippen LogP contribution is -1.97. The maximum atomic E-state index is 11.2. The highest BCUT2D eigenvalue weighted by Gasteiger charge is 2.06. The average molecular weight is 371 g/mol. The number of hydrogen-bond donors (Lipinski definition) is 2. The molecule has 0 amide bonds. The minimum absolute atomic E-state index is 0.266. The van der Waals surface area contributed by atoms with Crippen molar-refractivity contribution in [3.8, 4) is 28.3 Å². The van der Waals surface area contributed by atoms with Crippen LogP contribution in [0.15, 0.2) is 79.1 Å². The Hall–Kier alpha value is -3.93. The van der Waals surface area contributed by atoms with Gasteiger partial charge in [0.05, 0.1) is 23.1 Å². The second kappa shape index (κ2) is 7.75. The van der Waals surface area contributed by atoms with Crippen LogP contribution in [0, 0.1) is 0 Å². The molecule has 4 rings (SSSR count). The number of ether oxygens (including phenoxy) is 1. The van der Waals surface area contributed by atoms with Gasteiger partial charge in [-0.25, -0.2) is 4.79 Å². The quantitative estimate of drug-likeness (QED) is 0.524. The van der Waals surface area contributed by atoms with Crippen LogP contribution < -0.4 is 4.74 Å². The van der Waals surface area contributed by atoms with Crippen LogP contribution >= 0.6 is 0 Å². The van der Waals surface area contributed by atoms with Gasteiger partial charge in [-0.3, -0.25) is 10.1 Å². The fourth-order valence-electron chi connectivity index (χ4n) is 2.86. The summed E-state index contributed by atoms with van der Waals surface area (Å²) in [5.74, 6) is -0.269. The van der Waals surface area contributed by atoms with Crippen molar-refractivity contribution in [3.05, 3.63) is 90.3 Å². The molecule has 2 aromatic heterocycles. The molecule has 6 nitrogen and oxygen atoms in total. The molecule has 0 unspecified atom stereocenters. The zero-order valence-electron chi connectivity index (χ0n) is 14.9.